The molecule has 1 amide bonds. The summed E-state index contributed by atoms with van der Waals surface area (Å²) in [6, 6.07) is 7.09. The molecule has 0 saturated heterocycles. The Bertz CT molecular complexity index is 776. The van der Waals surface area contributed by atoms with Crippen molar-refractivity contribution in [3.63, 3.8) is 0 Å². The first kappa shape index (κ1) is 17.2. The maximum Gasteiger partial charge on any atom is 0.251 e. The van der Waals surface area contributed by atoms with Gasteiger partial charge in [-0.1, -0.05) is 6.07 Å². The molecular formula is C16H16BrFN2O3. The minimum Gasteiger partial charge on any atom is -0.494 e. The number of aromatic nitrogens is 1. The van der Waals surface area contributed by atoms with E-state index in [1.807, 2.05) is 0 Å². The molecule has 0 aliphatic carbocycles. The fourth-order valence-electron chi connectivity index (χ4n) is 2.10. The van der Waals surface area contributed by atoms with Gasteiger partial charge in [0.2, 0.25) is 5.91 Å². The van der Waals surface area contributed by atoms with Gasteiger partial charge >= 0.3 is 0 Å². The van der Waals surface area contributed by atoms with Gasteiger partial charge in [0, 0.05) is 16.7 Å². The van der Waals surface area contributed by atoms with Crippen LogP contribution in [0.4, 0.5) is 4.39 Å². The second kappa shape index (κ2) is 7.41. The van der Waals surface area contributed by atoms with Crippen molar-refractivity contribution in [2.75, 3.05) is 7.11 Å². The van der Waals surface area contributed by atoms with Gasteiger partial charge in [-0.15, -0.1) is 0 Å². The van der Waals surface area contributed by atoms with Gasteiger partial charge in [0.1, 0.15) is 6.54 Å². The second-order valence-corrected chi connectivity index (χ2v) is 5.91. The van der Waals surface area contributed by atoms with E-state index in [-0.39, 0.29) is 23.8 Å². The molecule has 1 heterocycles. The van der Waals surface area contributed by atoms with Gasteiger partial charge in [0.05, 0.1) is 13.2 Å². The lowest BCUT2D eigenvalue weighted by Crippen LogP contribution is -2.33. The molecule has 1 aromatic heterocycles. The van der Waals surface area contributed by atoms with Crippen LogP contribution in [0.15, 0.2) is 45.8 Å². The van der Waals surface area contributed by atoms with E-state index in [0.29, 0.717) is 10.0 Å². The Morgan fingerprint density at radius 2 is 2.13 bits per heavy atom. The largest absolute Gasteiger partial charge is 0.494 e. The van der Waals surface area contributed by atoms with Crippen molar-refractivity contribution in [2.24, 2.45) is 0 Å². The van der Waals surface area contributed by atoms with E-state index in [9.17, 15) is 14.0 Å². The molecule has 1 unspecified atom stereocenters. The SMILES string of the molecule is COc1ccc(C(C)NC(=O)Cn2cc(Br)ccc2=O)cc1F. The number of amides is 1. The van der Waals surface area contributed by atoms with Gasteiger partial charge in [0.25, 0.3) is 5.56 Å². The molecule has 0 aliphatic heterocycles. The molecule has 0 aliphatic rings. The fraction of sp³-hybridized carbons (Fsp3) is 0.250. The number of hydrogen-bond acceptors (Lipinski definition) is 3. The average molecular weight is 383 g/mol. The molecule has 1 aromatic carbocycles. The van der Waals surface area contributed by atoms with Crippen LogP contribution < -0.4 is 15.6 Å². The Hall–Kier alpha value is -2.15. The predicted octanol–water partition coefficient (Wildman–Crippen LogP) is 2.64. The van der Waals surface area contributed by atoms with Crippen LogP contribution in [-0.2, 0) is 11.3 Å². The highest BCUT2D eigenvalue weighted by Crippen LogP contribution is 2.21. The fourth-order valence-corrected chi connectivity index (χ4v) is 2.48. The zero-order chi connectivity index (χ0) is 17.0. The molecule has 5 nitrogen and oxygen atoms in total. The molecule has 0 radical (unpaired) electrons. The smallest absolute Gasteiger partial charge is 0.251 e. The van der Waals surface area contributed by atoms with Crippen LogP contribution in [0.5, 0.6) is 5.75 Å². The third kappa shape index (κ3) is 4.41. The number of carbonyl (C=O) groups excluding carboxylic acids is 1. The van der Waals surface area contributed by atoms with E-state index in [0.717, 1.165) is 0 Å². The van der Waals surface area contributed by atoms with E-state index in [1.54, 1.807) is 25.3 Å². The van der Waals surface area contributed by atoms with E-state index in [2.05, 4.69) is 21.2 Å². The van der Waals surface area contributed by atoms with Crippen molar-refractivity contribution in [3.05, 3.63) is 62.7 Å². The molecular weight excluding hydrogens is 367 g/mol. The molecule has 0 fully saturated rings. The van der Waals surface area contributed by atoms with Crippen molar-refractivity contribution in [3.8, 4) is 5.75 Å². The van der Waals surface area contributed by atoms with Gasteiger partial charge in [-0.05, 0) is 46.6 Å². The summed E-state index contributed by atoms with van der Waals surface area (Å²) in [6.07, 6.45) is 1.54. The highest BCUT2D eigenvalue weighted by molar-refractivity contribution is 9.10. The quantitative estimate of drug-likeness (QED) is 0.864. The maximum atomic E-state index is 13.7. The Morgan fingerprint density at radius 3 is 2.78 bits per heavy atom. The Balaban J connectivity index is 2.06. The summed E-state index contributed by atoms with van der Waals surface area (Å²) in [5, 5.41) is 2.73. The van der Waals surface area contributed by atoms with Crippen LogP contribution in [0.25, 0.3) is 0 Å². The van der Waals surface area contributed by atoms with Crippen molar-refractivity contribution in [1.82, 2.24) is 9.88 Å². The van der Waals surface area contributed by atoms with Gasteiger partial charge in [0.15, 0.2) is 11.6 Å². The number of methoxy groups -OCH3 is 1. The third-order valence-electron chi connectivity index (χ3n) is 3.31. The lowest BCUT2D eigenvalue weighted by molar-refractivity contribution is -0.122. The molecule has 1 N–H and O–H groups in total. The van der Waals surface area contributed by atoms with E-state index < -0.39 is 11.9 Å². The van der Waals surface area contributed by atoms with Gasteiger partial charge in [-0.3, -0.25) is 9.59 Å². The first-order valence-corrected chi connectivity index (χ1v) is 7.69. The molecule has 23 heavy (non-hydrogen) atoms. The first-order chi connectivity index (χ1) is 10.9. The summed E-state index contributed by atoms with van der Waals surface area (Å²) in [6.45, 7) is 1.63. The number of halogens is 2. The van der Waals surface area contributed by atoms with Crippen LogP contribution in [-0.4, -0.2) is 17.6 Å². The standard InChI is InChI=1S/C16H16BrFN2O3/c1-10(11-3-5-14(23-2)13(18)7-11)19-15(21)9-20-8-12(17)4-6-16(20)22/h3-8,10H,9H2,1-2H3,(H,19,21). The number of ether oxygens (including phenoxy) is 1. The van der Waals surface area contributed by atoms with Crippen molar-refractivity contribution in [1.29, 1.82) is 0 Å². The predicted molar refractivity (Wildman–Crippen MR) is 87.9 cm³/mol. The summed E-state index contributed by atoms with van der Waals surface area (Å²) < 4.78 is 20.6. The van der Waals surface area contributed by atoms with Gasteiger partial charge in [-0.25, -0.2) is 4.39 Å². The van der Waals surface area contributed by atoms with Crippen LogP contribution >= 0.6 is 15.9 Å². The van der Waals surface area contributed by atoms with Crippen molar-refractivity contribution in [2.45, 2.75) is 19.5 Å². The van der Waals surface area contributed by atoms with E-state index in [1.165, 1.54) is 29.9 Å². The number of nitrogens with zero attached hydrogens (tertiary/aromatic N) is 1. The van der Waals surface area contributed by atoms with Crippen LogP contribution in [0.2, 0.25) is 0 Å². The van der Waals surface area contributed by atoms with Crippen LogP contribution in [0, 0.1) is 5.82 Å². The summed E-state index contributed by atoms with van der Waals surface area (Å²) >= 11 is 3.25. The van der Waals surface area contributed by atoms with Gasteiger partial charge in [-0.2, -0.15) is 0 Å². The Morgan fingerprint density at radius 1 is 1.39 bits per heavy atom. The monoisotopic (exact) mass is 382 g/mol. The van der Waals surface area contributed by atoms with Crippen LogP contribution in [0.1, 0.15) is 18.5 Å². The number of hydrogen-bond donors (Lipinski definition) is 1. The third-order valence-corrected chi connectivity index (χ3v) is 3.78. The lowest BCUT2D eigenvalue weighted by Gasteiger charge is -2.16. The number of pyridine rings is 1. The first-order valence-electron chi connectivity index (χ1n) is 6.89. The number of nitrogens with one attached hydrogen (secondary N) is 1. The zero-order valence-electron chi connectivity index (χ0n) is 12.7. The normalized spacial score (nSPS) is 11.8. The van der Waals surface area contributed by atoms with E-state index >= 15 is 0 Å². The summed E-state index contributed by atoms with van der Waals surface area (Å²) in [5.74, 6) is -0.684. The van der Waals surface area contributed by atoms with Gasteiger partial charge < -0.3 is 14.6 Å². The number of benzene rings is 1. The zero-order valence-corrected chi connectivity index (χ0v) is 14.3. The summed E-state index contributed by atoms with van der Waals surface area (Å²) in [7, 11) is 1.39. The molecule has 0 bridgehead atoms. The molecule has 2 rings (SSSR count). The van der Waals surface area contributed by atoms with Crippen molar-refractivity contribution < 1.29 is 13.9 Å². The van der Waals surface area contributed by atoms with E-state index in [4.69, 9.17) is 4.74 Å². The second-order valence-electron chi connectivity index (χ2n) is 5.00. The topological polar surface area (TPSA) is 60.3 Å². The molecule has 1 atom stereocenters. The Labute approximate surface area is 141 Å². The molecule has 0 spiro atoms. The lowest BCUT2D eigenvalue weighted by atomic mass is 10.1. The molecule has 122 valence electrons. The molecule has 2 aromatic rings. The Kier molecular flexibility index (Phi) is 5.54. The molecule has 7 heteroatoms. The summed E-state index contributed by atoms with van der Waals surface area (Å²) in [4.78, 5) is 23.7. The maximum absolute atomic E-state index is 13.7. The minimum absolute atomic E-state index is 0.110. The number of carbonyl (C=O) groups is 1. The average Bonchev–Trinajstić information content (AvgIpc) is 2.50. The highest BCUT2D eigenvalue weighted by atomic mass is 79.9. The number of rotatable bonds is 5. The van der Waals surface area contributed by atoms with Crippen LogP contribution in [0.3, 0.4) is 0 Å². The van der Waals surface area contributed by atoms with Crippen molar-refractivity contribution >= 4 is 21.8 Å². The highest BCUT2D eigenvalue weighted by Gasteiger charge is 2.13. The molecule has 0 saturated carbocycles. The minimum atomic E-state index is -0.491. The summed E-state index contributed by atoms with van der Waals surface area (Å²) in [5.41, 5.74) is 0.338.